The fourth-order valence-corrected chi connectivity index (χ4v) is 2.49. The third-order valence-corrected chi connectivity index (χ3v) is 3.88. The van der Waals surface area contributed by atoms with Gasteiger partial charge < -0.3 is 10.0 Å². The van der Waals surface area contributed by atoms with E-state index in [9.17, 15) is 5.11 Å². The van der Waals surface area contributed by atoms with Gasteiger partial charge in [0.1, 0.15) is 0 Å². The van der Waals surface area contributed by atoms with E-state index < -0.39 is 0 Å². The van der Waals surface area contributed by atoms with E-state index >= 15 is 0 Å². The molecule has 0 saturated heterocycles. The molecule has 0 aromatic heterocycles. The molecule has 106 valence electrons. The van der Waals surface area contributed by atoms with E-state index in [1.807, 2.05) is 18.2 Å². The van der Waals surface area contributed by atoms with E-state index in [-0.39, 0.29) is 12.0 Å². The number of benzene rings is 2. The summed E-state index contributed by atoms with van der Waals surface area (Å²) in [6.07, 6.45) is 0. The monoisotopic (exact) mass is 269 g/mol. The number of anilines is 1. The SMILES string of the molecule is Cc1ccc(N(C)CC(C)(CO)c2ccccc2)cc1. The first-order valence-corrected chi connectivity index (χ1v) is 6.99. The highest BCUT2D eigenvalue weighted by atomic mass is 16.3. The maximum Gasteiger partial charge on any atom is 0.0542 e. The Morgan fingerprint density at radius 1 is 1.00 bits per heavy atom. The highest BCUT2D eigenvalue weighted by Crippen LogP contribution is 2.26. The first kappa shape index (κ1) is 14.6. The van der Waals surface area contributed by atoms with Crippen LogP contribution in [-0.4, -0.2) is 25.3 Å². The summed E-state index contributed by atoms with van der Waals surface area (Å²) in [4.78, 5) is 2.20. The molecule has 0 amide bonds. The second-order valence-electron chi connectivity index (χ2n) is 5.78. The van der Waals surface area contributed by atoms with Crippen LogP contribution in [0.4, 0.5) is 5.69 Å². The largest absolute Gasteiger partial charge is 0.395 e. The van der Waals surface area contributed by atoms with Crippen LogP contribution < -0.4 is 4.90 Å². The predicted octanol–water partition coefficient (Wildman–Crippen LogP) is 3.38. The van der Waals surface area contributed by atoms with Crippen molar-refractivity contribution in [2.75, 3.05) is 25.1 Å². The minimum absolute atomic E-state index is 0.132. The highest BCUT2D eigenvalue weighted by Gasteiger charge is 2.27. The van der Waals surface area contributed by atoms with Gasteiger partial charge in [0.25, 0.3) is 0 Å². The first-order chi connectivity index (χ1) is 9.55. The van der Waals surface area contributed by atoms with Gasteiger partial charge in [-0.05, 0) is 24.6 Å². The lowest BCUT2D eigenvalue weighted by molar-refractivity contribution is 0.209. The van der Waals surface area contributed by atoms with Crippen molar-refractivity contribution < 1.29 is 5.11 Å². The Labute approximate surface area is 121 Å². The van der Waals surface area contributed by atoms with Crippen LogP contribution in [-0.2, 0) is 5.41 Å². The summed E-state index contributed by atoms with van der Waals surface area (Å²) >= 11 is 0. The van der Waals surface area contributed by atoms with Crippen LogP contribution in [0.5, 0.6) is 0 Å². The summed E-state index contributed by atoms with van der Waals surface area (Å²) in [5.41, 5.74) is 3.34. The van der Waals surface area contributed by atoms with Crippen LogP contribution in [0, 0.1) is 6.92 Å². The summed E-state index contributed by atoms with van der Waals surface area (Å²) in [7, 11) is 2.07. The molecule has 1 unspecified atom stereocenters. The highest BCUT2D eigenvalue weighted by molar-refractivity contribution is 5.47. The molecule has 1 atom stereocenters. The Bertz CT molecular complexity index is 535. The van der Waals surface area contributed by atoms with E-state index in [0.29, 0.717) is 0 Å². The number of hydrogen-bond acceptors (Lipinski definition) is 2. The summed E-state index contributed by atoms with van der Waals surface area (Å²) in [5.74, 6) is 0. The second-order valence-corrected chi connectivity index (χ2v) is 5.78. The van der Waals surface area contributed by atoms with Crippen LogP contribution >= 0.6 is 0 Å². The molecule has 2 aromatic carbocycles. The van der Waals surface area contributed by atoms with Gasteiger partial charge in [0.05, 0.1) is 6.61 Å². The Hall–Kier alpha value is -1.80. The third kappa shape index (κ3) is 3.20. The van der Waals surface area contributed by atoms with Crippen LogP contribution in [0.25, 0.3) is 0 Å². The van der Waals surface area contributed by atoms with Crippen molar-refractivity contribution in [3.63, 3.8) is 0 Å². The van der Waals surface area contributed by atoms with Crippen LogP contribution in [0.3, 0.4) is 0 Å². The van der Waals surface area contributed by atoms with Crippen molar-refractivity contribution in [1.82, 2.24) is 0 Å². The van der Waals surface area contributed by atoms with Crippen molar-refractivity contribution in [2.24, 2.45) is 0 Å². The lowest BCUT2D eigenvalue weighted by atomic mass is 9.82. The van der Waals surface area contributed by atoms with E-state index in [2.05, 4.69) is 62.2 Å². The number of aliphatic hydroxyl groups excluding tert-OH is 1. The Kier molecular flexibility index (Phi) is 4.46. The maximum atomic E-state index is 9.85. The van der Waals surface area contributed by atoms with E-state index in [0.717, 1.165) is 6.54 Å². The minimum atomic E-state index is -0.263. The van der Waals surface area contributed by atoms with Gasteiger partial charge >= 0.3 is 0 Å². The molecule has 2 nitrogen and oxygen atoms in total. The molecule has 2 aromatic rings. The summed E-state index contributed by atoms with van der Waals surface area (Å²) in [6.45, 7) is 5.10. The van der Waals surface area contributed by atoms with Crippen molar-refractivity contribution in [1.29, 1.82) is 0 Å². The van der Waals surface area contributed by atoms with Crippen molar-refractivity contribution in [3.05, 3.63) is 65.7 Å². The zero-order chi connectivity index (χ0) is 14.6. The fraction of sp³-hybridized carbons (Fsp3) is 0.333. The molecule has 0 radical (unpaired) electrons. The van der Waals surface area contributed by atoms with Crippen LogP contribution in [0.2, 0.25) is 0 Å². The fourth-order valence-electron chi connectivity index (χ4n) is 2.49. The zero-order valence-electron chi connectivity index (χ0n) is 12.5. The molecule has 1 N–H and O–H groups in total. The quantitative estimate of drug-likeness (QED) is 0.899. The number of hydrogen-bond donors (Lipinski definition) is 1. The van der Waals surface area contributed by atoms with Crippen molar-refractivity contribution >= 4 is 5.69 Å². The number of likely N-dealkylation sites (N-methyl/N-ethyl adjacent to an activating group) is 1. The molecule has 0 bridgehead atoms. The minimum Gasteiger partial charge on any atom is -0.395 e. The Morgan fingerprint density at radius 2 is 1.60 bits per heavy atom. The predicted molar refractivity (Wildman–Crippen MR) is 85.3 cm³/mol. The maximum absolute atomic E-state index is 9.85. The van der Waals surface area contributed by atoms with Crippen molar-refractivity contribution in [2.45, 2.75) is 19.3 Å². The number of aryl methyl sites for hydroxylation is 1. The third-order valence-electron chi connectivity index (χ3n) is 3.88. The lowest BCUT2D eigenvalue weighted by Gasteiger charge is -2.34. The van der Waals surface area contributed by atoms with Gasteiger partial charge in [0.15, 0.2) is 0 Å². The Balaban J connectivity index is 2.19. The van der Waals surface area contributed by atoms with Gasteiger partial charge in [0.2, 0.25) is 0 Å². The molecule has 20 heavy (non-hydrogen) atoms. The number of aliphatic hydroxyl groups is 1. The Morgan fingerprint density at radius 3 is 2.15 bits per heavy atom. The van der Waals surface area contributed by atoms with E-state index in [1.54, 1.807) is 0 Å². The van der Waals surface area contributed by atoms with Gasteiger partial charge in [0, 0.05) is 24.7 Å². The van der Waals surface area contributed by atoms with Gasteiger partial charge in [-0.1, -0.05) is 55.0 Å². The summed E-state index contributed by atoms with van der Waals surface area (Å²) < 4.78 is 0. The normalized spacial score (nSPS) is 13.8. The molecular formula is C18H23NO. The van der Waals surface area contributed by atoms with Crippen LogP contribution in [0.1, 0.15) is 18.1 Å². The average Bonchev–Trinajstić information content (AvgIpc) is 2.48. The standard InChI is InChI=1S/C18H23NO/c1-15-9-11-17(12-10-15)19(3)13-18(2,14-20)16-7-5-4-6-8-16/h4-12,20H,13-14H2,1-3H3. The van der Waals surface area contributed by atoms with Gasteiger partial charge in [-0.3, -0.25) is 0 Å². The summed E-state index contributed by atoms with van der Waals surface area (Å²) in [6, 6.07) is 18.7. The molecule has 0 aliphatic carbocycles. The number of nitrogens with zero attached hydrogens (tertiary/aromatic N) is 1. The molecule has 0 spiro atoms. The number of rotatable bonds is 5. The summed E-state index contributed by atoms with van der Waals surface area (Å²) in [5, 5.41) is 9.85. The van der Waals surface area contributed by atoms with E-state index in [4.69, 9.17) is 0 Å². The molecule has 2 heteroatoms. The van der Waals surface area contributed by atoms with Gasteiger partial charge in [-0.15, -0.1) is 0 Å². The molecule has 0 aliphatic heterocycles. The average molecular weight is 269 g/mol. The second kappa shape index (κ2) is 6.10. The smallest absolute Gasteiger partial charge is 0.0542 e. The van der Waals surface area contributed by atoms with E-state index in [1.165, 1.54) is 16.8 Å². The van der Waals surface area contributed by atoms with Crippen molar-refractivity contribution in [3.8, 4) is 0 Å². The van der Waals surface area contributed by atoms with Gasteiger partial charge in [-0.2, -0.15) is 0 Å². The molecule has 0 fully saturated rings. The molecule has 0 saturated carbocycles. The molecule has 0 heterocycles. The molecule has 0 aliphatic rings. The van der Waals surface area contributed by atoms with Crippen LogP contribution in [0.15, 0.2) is 54.6 Å². The topological polar surface area (TPSA) is 23.5 Å². The lowest BCUT2D eigenvalue weighted by Crippen LogP contribution is -2.39. The van der Waals surface area contributed by atoms with Gasteiger partial charge in [-0.25, -0.2) is 0 Å². The zero-order valence-corrected chi connectivity index (χ0v) is 12.5. The molecular weight excluding hydrogens is 246 g/mol. The first-order valence-electron chi connectivity index (χ1n) is 6.99. The molecule has 2 rings (SSSR count).